The summed E-state index contributed by atoms with van der Waals surface area (Å²) in [6, 6.07) is 21.8. The van der Waals surface area contributed by atoms with Crippen LogP contribution in [0.1, 0.15) is 72.6 Å². The molecule has 2 aromatic rings. The van der Waals surface area contributed by atoms with E-state index in [1.54, 1.807) is 0 Å². The summed E-state index contributed by atoms with van der Waals surface area (Å²) in [4.78, 5) is 0. The fraction of sp³-hybridized carbons (Fsp3) is 0.571. The van der Waals surface area contributed by atoms with Gasteiger partial charge >= 0.3 is 0 Å². The molecule has 32 heavy (non-hydrogen) atoms. The zero-order chi connectivity index (χ0) is 22.7. The lowest BCUT2D eigenvalue weighted by molar-refractivity contribution is -0.198. The number of ether oxygens (including phenoxy) is 2. The molecule has 2 saturated heterocycles. The zero-order valence-electron chi connectivity index (χ0n) is 20.3. The molecule has 4 heteroatoms. The number of unbranched alkanes of at least 4 members (excludes halogenated alkanes) is 1. The van der Waals surface area contributed by atoms with Gasteiger partial charge in [-0.1, -0.05) is 88.4 Å². The van der Waals surface area contributed by atoms with Gasteiger partial charge < -0.3 is 13.9 Å². The molecule has 0 unspecified atom stereocenters. The van der Waals surface area contributed by atoms with Gasteiger partial charge in [0.25, 0.3) is 8.32 Å². The maximum Gasteiger partial charge on any atom is 0.261 e. The van der Waals surface area contributed by atoms with Crippen LogP contribution in [0.3, 0.4) is 0 Å². The lowest BCUT2D eigenvalue weighted by Gasteiger charge is -2.43. The van der Waals surface area contributed by atoms with Gasteiger partial charge in [-0.3, -0.25) is 0 Å². The van der Waals surface area contributed by atoms with Crippen LogP contribution in [-0.2, 0) is 13.9 Å². The van der Waals surface area contributed by atoms with Crippen LogP contribution >= 0.6 is 0 Å². The molecule has 174 valence electrons. The van der Waals surface area contributed by atoms with Crippen molar-refractivity contribution in [3.63, 3.8) is 0 Å². The molecule has 0 radical (unpaired) electrons. The van der Waals surface area contributed by atoms with Crippen LogP contribution in [0.5, 0.6) is 0 Å². The molecule has 0 spiro atoms. The molecule has 0 aromatic heterocycles. The van der Waals surface area contributed by atoms with Crippen molar-refractivity contribution in [2.75, 3.05) is 6.61 Å². The molecule has 2 bridgehead atoms. The Morgan fingerprint density at radius 1 is 0.938 bits per heavy atom. The van der Waals surface area contributed by atoms with Crippen molar-refractivity contribution in [2.45, 2.75) is 95.7 Å². The highest BCUT2D eigenvalue weighted by atomic mass is 28.4. The summed E-state index contributed by atoms with van der Waals surface area (Å²) in [6.45, 7) is 9.99. The fourth-order valence-corrected chi connectivity index (χ4v) is 10.3. The Morgan fingerprint density at radius 3 is 2.12 bits per heavy atom. The average Bonchev–Trinajstić information content (AvgIpc) is 3.05. The minimum Gasteiger partial charge on any atom is -0.407 e. The first-order valence-electron chi connectivity index (χ1n) is 12.5. The Kier molecular flexibility index (Phi) is 7.26. The van der Waals surface area contributed by atoms with E-state index in [1.165, 1.54) is 16.8 Å². The van der Waals surface area contributed by atoms with Gasteiger partial charge in [0.05, 0.1) is 12.2 Å². The van der Waals surface area contributed by atoms with Crippen LogP contribution in [0.15, 0.2) is 60.7 Å². The van der Waals surface area contributed by atoms with Crippen LogP contribution in [0, 0.1) is 0 Å². The van der Waals surface area contributed by atoms with E-state index in [9.17, 15) is 0 Å². The molecular formula is C28H40O3Si. The van der Waals surface area contributed by atoms with E-state index in [-0.39, 0.29) is 16.9 Å². The van der Waals surface area contributed by atoms with Crippen LogP contribution in [0.25, 0.3) is 0 Å². The summed E-state index contributed by atoms with van der Waals surface area (Å²) >= 11 is 0. The van der Waals surface area contributed by atoms with E-state index in [0.717, 1.165) is 45.1 Å². The summed E-state index contributed by atoms with van der Waals surface area (Å²) < 4.78 is 19.8. The fourth-order valence-electron chi connectivity index (χ4n) is 5.74. The number of rotatable bonds is 9. The third-order valence-corrected chi connectivity index (χ3v) is 12.3. The summed E-state index contributed by atoms with van der Waals surface area (Å²) in [5.41, 5.74) is 0. The van der Waals surface area contributed by atoms with Gasteiger partial charge in [-0.05, 0) is 47.5 Å². The highest BCUT2D eigenvalue weighted by Crippen LogP contribution is 2.44. The Balaban J connectivity index is 1.46. The second-order valence-corrected chi connectivity index (χ2v) is 14.8. The minimum absolute atomic E-state index is 0.0248. The van der Waals surface area contributed by atoms with Crippen molar-refractivity contribution in [3.8, 4) is 0 Å². The van der Waals surface area contributed by atoms with Gasteiger partial charge in [0.15, 0.2) is 5.79 Å². The highest BCUT2D eigenvalue weighted by Gasteiger charge is 2.51. The number of benzene rings is 2. The van der Waals surface area contributed by atoms with Crippen molar-refractivity contribution in [3.05, 3.63) is 60.7 Å². The summed E-state index contributed by atoms with van der Waals surface area (Å²) in [7, 11) is -2.44. The third kappa shape index (κ3) is 4.61. The summed E-state index contributed by atoms with van der Waals surface area (Å²) in [6.07, 6.45) is 8.12. The normalized spacial score (nSPS) is 25.8. The molecule has 2 fully saturated rings. The highest BCUT2D eigenvalue weighted by molar-refractivity contribution is 6.99. The van der Waals surface area contributed by atoms with Gasteiger partial charge in [0.2, 0.25) is 0 Å². The minimum atomic E-state index is -2.44. The Bertz CT molecular complexity index is 808. The number of hydrogen-bond acceptors (Lipinski definition) is 3. The molecule has 4 rings (SSSR count). The predicted octanol–water partition coefficient (Wildman–Crippen LogP) is 5.81. The maximum absolute atomic E-state index is 7.03. The van der Waals surface area contributed by atoms with Crippen molar-refractivity contribution < 1.29 is 13.9 Å². The van der Waals surface area contributed by atoms with Gasteiger partial charge in [0, 0.05) is 19.4 Å². The summed E-state index contributed by atoms with van der Waals surface area (Å²) in [5.74, 6) is -0.332. The second kappa shape index (κ2) is 9.80. The zero-order valence-corrected chi connectivity index (χ0v) is 21.3. The van der Waals surface area contributed by atoms with Gasteiger partial charge in [-0.2, -0.15) is 0 Å². The first-order chi connectivity index (χ1) is 15.4. The number of fused-ring (bicyclic) bond motifs is 2. The Labute approximate surface area is 195 Å². The lowest BCUT2D eigenvalue weighted by Crippen LogP contribution is -2.66. The van der Waals surface area contributed by atoms with Crippen LogP contribution in [0.2, 0.25) is 5.04 Å². The molecule has 0 N–H and O–H groups in total. The molecular weight excluding hydrogens is 412 g/mol. The quantitative estimate of drug-likeness (QED) is 0.355. The standard InChI is InChI=1S/C28H40O3Si/c1-5-25-26-19-14-21-28(30-25,31-26)20-12-13-22-29-32(27(2,3)4,23-15-8-6-9-16-23)24-17-10-7-11-18-24/h6-11,15-18,25-26H,5,12-14,19-22H2,1-4H3/t25-,26-,28+/m1/s1. The van der Waals surface area contributed by atoms with E-state index in [1.807, 2.05) is 0 Å². The molecule has 2 aliphatic heterocycles. The van der Waals surface area contributed by atoms with E-state index in [0.29, 0.717) is 6.10 Å². The Morgan fingerprint density at radius 2 is 1.56 bits per heavy atom. The predicted molar refractivity (Wildman–Crippen MR) is 134 cm³/mol. The molecule has 0 aliphatic carbocycles. The van der Waals surface area contributed by atoms with Crippen LogP contribution < -0.4 is 10.4 Å². The van der Waals surface area contributed by atoms with Gasteiger partial charge in [0.1, 0.15) is 0 Å². The van der Waals surface area contributed by atoms with Crippen molar-refractivity contribution in [1.82, 2.24) is 0 Å². The Hall–Kier alpha value is -1.46. The van der Waals surface area contributed by atoms with Crippen LogP contribution in [0.4, 0.5) is 0 Å². The largest absolute Gasteiger partial charge is 0.407 e. The first-order valence-corrected chi connectivity index (χ1v) is 14.4. The maximum atomic E-state index is 7.03. The average molecular weight is 453 g/mol. The van der Waals surface area contributed by atoms with Crippen molar-refractivity contribution in [1.29, 1.82) is 0 Å². The van der Waals surface area contributed by atoms with E-state index < -0.39 is 8.32 Å². The first kappa shape index (κ1) is 23.7. The monoisotopic (exact) mass is 452 g/mol. The summed E-state index contributed by atoms with van der Waals surface area (Å²) in [5, 5.41) is 2.72. The molecule has 3 nitrogen and oxygen atoms in total. The second-order valence-electron chi connectivity index (χ2n) is 10.5. The molecule has 0 amide bonds. The van der Waals surface area contributed by atoms with Gasteiger partial charge in [-0.15, -0.1) is 0 Å². The smallest absolute Gasteiger partial charge is 0.261 e. The molecule has 2 heterocycles. The molecule has 0 saturated carbocycles. The van der Waals surface area contributed by atoms with E-state index in [4.69, 9.17) is 13.9 Å². The van der Waals surface area contributed by atoms with Crippen molar-refractivity contribution in [2.24, 2.45) is 0 Å². The molecule has 3 atom stereocenters. The molecule has 2 aromatic carbocycles. The third-order valence-electron chi connectivity index (χ3n) is 7.28. The molecule has 2 aliphatic rings. The van der Waals surface area contributed by atoms with Crippen LogP contribution in [-0.4, -0.2) is 32.9 Å². The van der Waals surface area contributed by atoms with Gasteiger partial charge in [-0.25, -0.2) is 0 Å². The van der Waals surface area contributed by atoms with E-state index >= 15 is 0 Å². The van der Waals surface area contributed by atoms with E-state index in [2.05, 4.69) is 88.4 Å². The van der Waals surface area contributed by atoms with Crippen molar-refractivity contribution >= 4 is 18.7 Å². The topological polar surface area (TPSA) is 27.7 Å². The number of hydrogen-bond donors (Lipinski definition) is 0. The SMILES string of the molecule is CC[C@H]1O[C@]2(CCCCO[Si](c3ccccc3)(c3ccccc3)C(C)(C)C)CCC[C@H]1O2. The lowest BCUT2D eigenvalue weighted by atomic mass is 9.97.